The van der Waals surface area contributed by atoms with Crippen molar-refractivity contribution in [3.8, 4) is 0 Å². The SMILES string of the molecule is OCc1c(C2(c3ccccc3Cl)CCC2)nn2c1NCCC2. The van der Waals surface area contributed by atoms with E-state index in [-0.39, 0.29) is 12.0 Å². The van der Waals surface area contributed by atoms with Gasteiger partial charge >= 0.3 is 0 Å². The second kappa shape index (κ2) is 5.28. The third kappa shape index (κ3) is 1.90. The molecule has 2 aliphatic rings. The Hall–Kier alpha value is -1.52. The molecule has 0 radical (unpaired) electrons. The van der Waals surface area contributed by atoms with Gasteiger partial charge in [0, 0.05) is 29.1 Å². The molecule has 0 spiro atoms. The van der Waals surface area contributed by atoms with Crippen molar-refractivity contribution >= 4 is 17.4 Å². The zero-order valence-electron chi connectivity index (χ0n) is 12.5. The largest absolute Gasteiger partial charge is 0.391 e. The van der Waals surface area contributed by atoms with Gasteiger partial charge in [0.25, 0.3) is 0 Å². The maximum Gasteiger partial charge on any atom is 0.130 e. The van der Waals surface area contributed by atoms with Crippen molar-refractivity contribution in [1.82, 2.24) is 9.78 Å². The molecule has 1 aliphatic heterocycles. The van der Waals surface area contributed by atoms with E-state index in [1.54, 1.807) is 0 Å². The van der Waals surface area contributed by atoms with Gasteiger partial charge in [-0.15, -0.1) is 0 Å². The number of benzene rings is 1. The van der Waals surface area contributed by atoms with Crippen LogP contribution in [0.25, 0.3) is 0 Å². The van der Waals surface area contributed by atoms with E-state index in [4.69, 9.17) is 16.7 Å². The van der Waals surface area contributed by atoms with Gasteiger partial charge in [-0.1, -0.05) is 36.2 Å². The van der Waals surface area contributed by atoms with Crippen LogP contribution in [-0.4, -0.2) is 21.4 Å². The summed E-state index contributed by atoms with van der Waals surface area (Å²) in [6, 6.07) is 8.05. The molecule has 0 amide bonds. The van der Waals surface area contributed by atoms with Crippen LogP contribution in [0.4, 0.5) is 5.82 Å². The molecule has 1 saturated carbocycles. The lowest BCUT2D eigenvalue weighted by molar-refractivity contribution is 0.261. The molecule has 0 unspecified atom stereocenters. The minimum Gasteiger partial charge on any atom is -0.391 e. The first-order chi connectivity index (χ1) is 10.8. The maximum absolute atomic E-state index is 9.94. The van der Waals surface area contributed by atoms with E-state index in [1.165, 1.54) is 6.42 Å². The number of aromatic nitrogens is 2. The Kier molecular flexibility index (Phi) is 3.39. The number of aliphatic hydroxyl groups excluding tert-OH is 1. The van der Waals surface area contributed by atoms with E-state index in [0.717, 1.165) is 60.0 Å². The van der Waals surface area contributed by atoms with Crippen LogP contribution in [0.1, 0.15) is 42.5 Å². The van der Waals surface area contributed by atoms with Gasteiger partial charge in [-0.2, -0.15) is 5.10 Å². The fraction of sp³-hybridized carbons (Fsp3) is 0.471. The van der Waals surface area contributed by atoms with Crippen LogP contribution in [0, 0.1) is 0 Å². The van der Waals surface area contributed by atoms with Crippen molar-refractivity contribution in [3.05, 3.63) is 46.1 Å². The second-order valence-corrected chi connectivity index (χ2v) is 6.66. The van der Waals surface area contributed by atoms with Crippen LogP contribution in [0.2, 0.25) is 5.02 Å². The molecule has 22 heavy (non-hydrogen) atoms. The van der Waals surface area contributed by atoms with E-state index in [9.17, 15) is 5.11 Å². The lowest BCUT2D eigenvalue weighted by atomic mass is 9.61. The Balaban J connectivity index is 1.89. The molecular weight excluding hydrogens is 298 g/mol. The molecule has 4 nitrogen and oxygen atoms in total. The number of hydrogen-bond donors (Lipinski definition) is 2. The zero-order chi connectivity index (χ0) is 15.2. The standard InChI is InChI=1S/C17H20ClN3O/c18-14-6-2-1-5-13(14)17(7-3-8-17)15-12(11-22)16-19-9-4-10-21(16)20-15/h1-2,5-6,19,22H,3-4,7-11H2. The molecule has 5 heteroatoms. The van der Waals surface area contributed by atoms with Crippen LogP contribution < -0.4 is 5.32 Å². The highest BCUT2D eigenvalue weighted by molar-refractivity contribution is 6.31. The summed E-state index contributed by atoms with van der Waals surface area (Å²) in [5.74, 6) is 0.988. The van der Waals surface area contributed by atoms with Crippen molar-refractivity contribution < 1.29 is 5.11 Å². The highest BCUT2D eigenvalue weighted by Gasteiger charge is 2.46. The number of nitrogens with zero attached hydrogens (tertiary/aromatic N) is 2. The summed E-state index contributed by atoms with van der Waals surface area (Å²) in [6.45, 7) is 1.87. The van der Waals surface area contributed by atoms with Gasteiger partial charge in [0.05, 0.1) is 12.3 Å². The number of anilines is 1. The number of nitrogens with one attached hydrogen (secondary N) is 1. The molecule has 0 saturated heterocycles. The van der Waals surface area contributed by atoms with Gasteiger partial charge in [-0.25, -0.2) is 4.68 Å². The summed E-state index contributed by atoms with van der Waals surface area (Å²) in [5.41, 5.74) is 2.97. The predicted octanol–water partition coefficient (Wildman–Crippen LogP) is 3.31. The molecule has 2 aromatic rings. The molecule has 0 bridgehead atoms. The Morgan fingerprint density at radius 1 is 1.27 bits per heavy atom. The van der Waals surface area contributed by atoms with Crippen molar-refractivity contribution in [2.45, 2.75) is 44.2 Å². The number of rotatable bonds is 3. The second-order valence-electron chi connectivity index (χ2n) is 6.25. The minimum atomic E-state index is -0.136. The average molecular weight is 318 g/mol. The fourth-order valence-corrected chi connectivity index (χ4v) is 4.16. The molecule has 2 N–H and O–H groups in total. The van der Waals surface area contributed by atoms with E-state index >= 15 is 0 Å². The number of aliphatic hydroxyl groups is 1. The molecule has 4 rings (SSSR count). The highest BCUT2D eigenvalue weighted by Crippen LogP contribution is 2.52. The summed E-state index contributed by atoms with van der Waals surface area (Å²) in [5, 5.41) is 19.0. The van der Waals surface area contributed by atoms with Gasteiger partial charge in [-0.3, -0.25) is 0 Å². The normalized spacial score (nSPS) is 19.2. The summed E-state index contributed by atoms with van der Waals surface area (Å²) in [6.07, 6.45) is 4.32. The molecule has 2 heterocycles. The molecule has 1 aromatic heterocycles. The summed E-state index contributed by atoms with van der Waals surface area (Å²) in [4.78, 5) is 0. The topological polar surface area (TPSA) is 50.1 Å². The number of fused-ring (bicyclic) bond motifs is 1. The van der Waals surface area contributed by atoms with Crippen molar-refractivity contribution in [3.63, 3.8) is 0 Å². The van der Waals surface area contributed by atoms with E-state index in [1.807, 2.05) is 22.9 Å². The summed E-state index contributed by atoms with van der Waals surface area (Å²) < 4.78 is 2.02. The van der Waals surface area contributed by atoms with Crippen LogP contribution in [0.3, 0.4) is 0 Å². The molecule has 0 atom stereocenters. The van der Waals surface area contributed by atoms with Crippen molar-refractivity contribution in [2.24, 2.45) is 0 Å². The van der Waals surface area contributed by atoms with Crippen LogP contribution >= 0.6 is 11.6 Å². The van der Waals surface area contributed by atoms with Gasteiger partial charge in [-0.05, 0) is 30.9 Å². The quantitative estimate of drug-likeness (QED) is 0.913. The molecule has 1 aliphatic carbocycles. The highest BCUT2D eigenvalue weighted by atomic mass is 35.5. The van der Waals surface area contributed by atoms with E-state index in [2.05, 4.69) is 11.4 Å². The minimum absolute atomic E-state index is 0.0177. The molecule has 1 fully saturated rings. The average Bonchev–Trinajstić information content (AvgIpc) is 2.86. The maximum atomic E-state index is 9.94. The Morgan fingerprint density at radius 3 is 2.77 bits per heavy atom. The number of aryl methyl sites for hydroxylation is 1. The van der Waals surface area contributed by atoms with Gasteiger partial charge in [0.2, 0.25) is 0 Å². The molecular formula is C17H20ClN3O. The molecule has 116 valence electrons. The lowest BCUT2D eigenvalue weighted by Crippen LogP contribution is -2.37. The number of halogens is 1. The van der Waals surface area contributed by atoms with Crippen LogP contribution in [0.5, 0.6) is 0 Å². The van der Waals surface area contributed by atoms with Crippen LogP contribution in [0.15, 0.2) is 24.3 Å². The predicted molar refractivity (Wildman–Crippen MR) is 87.3 cm³/mol. The summed E-state index contributed by atoms with van der Waals surface area (Å²) in [7, 11) is 0. The van der Waals surface area contributed by atoms with Gasteiger partial charge < -0.3 is 10.4 Å². The van der Waals surface area contributed by atoms with E-state index < -0.39 is 0 Å². The monoisotopic (exact) mass is 317 g/mol. The third-order valence-corrected chi connectivity index (χ3v) is 5.43. The van der Waals surface area contributed by atoms with Crippen LogP contribution in [-0.2, 0) is 18.6 Å². The molecule has 1 aromatic carbocycles. The first kappa shape index (κ1) is 14.1. The summed E-state index contributed by atoms with van der Waals surface area (Å²) >= 11 is 6.48. The first-order valence-corrected chi connectivity index (χ1v) is 8.34. The fourth-order valence-electron chi connectivity index (χ4n) is 3.84. The van der Waals surface area contributed by atoms with E-state index in [0.29, 0.717) is 0 Å². The van der Waals surface area contributed by atoms with Gasteiger partial charge in [0.15, 0.2) is 0 Å². The third-order valence-electron chi connectivity index (χ3n) is 5.10. The van der Waals surface area contributed by atoms with Gasteiger partial charge in [0.1, 0.15) is 5.82 Å². The van der Waals surface area contributed by atoms with Crippen molar-refractivity contribution in [2.75, 3.05) is 11.9 Å². The first-order valence-electron chi connectivity index (χ1n) is 7.96. The Morgan fingerprint density at radius 2 is 2.09 bits per heavy atom. The number of hydrogen-bond acceptors (Lipinski definition) is 3. The van der Waals surface area contributed by atoms with Crippen molar-refractivity contribution in [1.29, 1.82) is 0 Å². The smallest absolute Gasteiger partial charge is 0.130 e. The lowest BCUT2D eigenvalue weighted by Gasteiger charge is -2.42. The Labute approximate surface area is 135 Å². The Bertz CT molecular complexity index is 706. The zero-order valence-corrected chi connectivity index (χ0v) is 13.2.